The number of hydrogen-bond donors (Lipinski definition) is 0. The molecule has 0 spiro atoms. The Hall–Kier alpha value is -1.05. The lowest BCUT2D eigenvalue weighted by Gasteiger charge is -2.23. The molecule has 0 fully saturated rings. The van der Waals surface area contributed by atoms with E-state index in [-0.39, 0.29) is 0 Å². The quantitative estimate of drug-likeness (QED) is 0.693. The molecule has 0 saturated heterocycles. The van der Waals surface area contributed by atoms with Gasteiger partial charge in [-0.1, -0.05) is 27.4 Å². The molecule has 1 heterocycles. The zero-order valence-corrected chi connectivity index (χ0v) is 8.75. The zero-order valence-electron chi connectivity index (χ0n) is 8.75. The molecule has 1 aromatic rings. The van der Waals surface area contributed by atoms with Gasteiger partial charge >= 0.3 is 0 Å². The fourth-order valence-corrected chi connectivity index (χ4v) is 1.22. The van der Waals surface area contributed by atoms with Gasteiger partial charge in [-0.25, -0.2) is 4.98 Å². The summed E-state index contributed by atoms with van der Waals surface area (Å²) in [6.07, 6.45) is 6.80. The van der Waals surface area contributed by atoms with E-state index >= 15 is 0 Å². The molecule has 0 aliphatic heterocycles. The van der Waals surface area contributed by atoms with Crippen molar-refractivity contribution in [3.8, 4) is 0 Å². The molecule has 0 unspecified atom stereocenters. The standard InChI is InChI=1S/C11H18N2/c1-5-10-12-7-8-13(10)9-11(3,4)6-2/h5,7-8H,1,6,9H2,2-4H3. The molecular weight excluding hydrogens is 160 g/mol. The highest BCUT2D eigenvalue weighted by molar-refractivity contribution is 5.36. The van der Waals surface area contributed by atoms with Crippen LogP contribution in [0.4, 0.5) is 0 Å². The van der Waals surface area contributed by atoms with Gasteiger partial charge in [0.2, 0.25) is 0 Å². The Morgan fingerprint density at radius 2 is 2.31 bits per heavy atom. The van der Waals surface area contributed by atoms with E-state index in [0.29, 0.717) is 5.41 Å². The highest BCUT2D eigenvalue weighted by atomic mass is 15.1. The van der Waals surface area contributed by atoms with Gasteiger partial charge in [-0.15, -0.1) is 0 Å². The van der Waals surface area contributed by atoms with Crippen LogP contribution in [0.3, 0.4) is 0 Å². The van der Waals surface area contributed by atoms with E-state index in [4.69, 9.17) is 0 Å². The topological polar surface area (TPSA) is 17.8 Å². The van der Waals surface area contributed by atoms with Crippen LogP contribution in [0.2, 0.25) is 0 Å². The average molecular weight is 178 g/mol. The zero-order chi connectivity index (χ0) is 9.90. The van der Waals surface area contributed by atoms with Crippen molar-refractivity contribution in [2.75, 3.05) is 0 Å². The molecule has 0 radical (unpaired) electrons. The van der Waals surface area contributed by atoms with Gasteiger partial charge in [-0.2, -0.15) is 0 Å². The van der Waals surface area contributed by atoms with E-state index in [9.17, 15) is 0 Å². The summed E-state index contributed by atoms with van der Waals surface area (Å²) in [6, 6.07) is 0. The van der Waals surface area contributed by atoms with Crippen molar-refractivity contribution < 1.29 is 0 Å². The third kappa shape index (κ3) is 2.44. The van der Waals surface area contributed by atoms with Crippen LogP contribution in [0.15, 0.2) is 19.0 Å². The van der Waals surface area contributed by atoms with E-state index in [1.54, 1.807) is 6.08 Å². The van der Waals surface area contributed by atoms with Gasteiger partial charge in [-0.3, -0.25) is 0 Å². The third-order valence-electron chi connectivity index (χ3n) is 2.49. The van der Waals surface area contributed by atoms with E-state index in [1.165, 1.54) is 6.42 Å². The molecule has 0 bridgehead atoms. The second-order valence-electron chi connectivity index (χ2n) is 4.14. The predicted octanol–water partition coefficient (Wildman–Crippen LogP) is 2.96. The predicted molar refractivity (Wildman–Crippen MR) is 56.4 cm³/mol. The molecule has 0 aliphatic carbocycles. The molecule has 13 heavy (non-hydrogen) atoms. The fraction of sp³-hybridized carbons (Fsp3) is 0.545. The Balaban J connectivity index is 2.79. The monoisotopic (exact) mass is 178 g/mol. The van der Waals surface area contributed by atoms with Gasteiger partial charge in [0.05, 0.1) is 0 Å². The van der Waals surface area contributed by atoms with Crippen LogP contribution in [0.1, 0.15) is 33.0 Å². The van der Waals surface area contributed by atoms with Crippen molar-refractivity contribution in [2.45, 2.75) is 33.7 Å². The Bertz CT molecular complexity index is 284. The number of aromatic nitrogens is 2. The molecule has 0 aromatic carbocycles. The molecular formula is C11H18N2. The Kier molecular flexibility index (Phi) is 2.91. The minimum absolute atomic E-state index is 0.332. The molecule has 0 saturated carbocycles. The lowest BCUT2D eigenvalue weighted by molar-refractivity contribution is 0.293. The number of nitrogens with zero attached hydrogens (tertiary/aromatic N) is 2. The van der Waals surface area contributed by atoms with Crippen molar-refractivity contribution in [2.24, 2.45) is 5.41 Å². The third-order valence-corrected chi connectivity index (χ3v) is 2.49. The number of hydrogen-bond acceptors (Lipinski definition) is 1. The molecule has 1 rings (SSSR count). The molecule has 0 aliphatic rings. The maximum atomic E-state index is 4.20. The van der Waals surface area contributed by atoms with Gasteiger partial charge in [0.1, 0.15) is 5.82 Å². The molecule has 2 heteroatoms. The maximum Gasteiger partial charge on any atom is 0.131 e. The molecule has 0 atom stereocenters. The van der Waals surface area contributed by atoms with Crippen molar-refractivity contribution >= 4 is 6.08 Å². The maximum absolute atomic E-state index is 4.20. The summed E-state index contributed by atoms with van der Waals surface area (Å²) in [5.41, 5.74) is 0.332. The van der Waals surface area contributed by atoms with Crippen LogP contribution in [0, 0.1) is 5.41 Å². The Labute approximate surface area is 80.3 Å². The van der Waals surface area contributed by atoms with Crippen LogP contribution in [0.25, 0.3) is 6.08 Å². The van der Waals surface area contributed by atoms with E-state index in [1.807, 2.05) is 12.4 Å². The second-order valence-corrected chi connectivity index (χ2v) is 4.14. The summed E-state index contributed by atoms with van der Waals surface area (Å²) in [5, 5.41) is 0. The normalized spacial score (nSPS) is 11.6. The van der Waals surface area contributed by atoms with Crippen molar-refractivity contribution in [1.29, 1.82) is 0 Å². The average Bonchev–Trinajstić information content (AvgIpc) is 2.51. The van der Waals surface area contributed by atoms with Crippen molar-refractivity contribution in [3.63, 3.8) is 0 Å². The van der Waals surface area contributed by atoms with Gasteiger partial charge in [0, 0.05) is 18.9 Å². The van der Waals surface area contributed by atoms with Gasteiger partial charge in [0.15, 0.2) is 0 Å². The first kappa shape index (κ1) is 10.0. The molecule has 0 N–H and O–H groups in total. The highest BCUT2D eigenvalue weighted by Gasteiger charge is 2.16. The first-order chi connectivity index (χ1) is 6.09. The van der Waals surface area contributed by atoms with Gasteiger partial charge in [0.25, 0.3) is 0 Å². The van der Waals surface area contributed by atoms with E-state index in [0.717, 1.165) is 12.4 Å². The van der Waals surface area contributed by atoms with Crippen LogP contribution in [0.5, 0.6) is 0 Å². The second kappa shape index (κ2) is 3.77. The van der Waals surface area contributed by atoms with Crippen LogP contribution in [-0.2, 0) is 6.54 Å². The minimum Gasteiger partial charge on any atom is -0.331 e. The first-order valence-corrected chi connectivity index (χ1v) is 4.72. The number of imidazole rings is 1. The van der Waals surface area contributed by atoms with Gasteiger partial charge < -0.3 is 4.57 Å². The summed E-state index contributed by atoms with van der Waals surface area (Å²) < 4.78 is 2.15. The van der Waals surface area contributed by atoms with Crippen molar-refractivity contribution in [1.82, 2.24) is 9.55 Å². The first-order valence-electron chi connectivity index (χ1n) is 4.72. The molecule has 0 amide bonds. The van der Waals surface area contributed by atoms with Crippen LogP contribution >= 0.6 is 0 Å². The SMILES string of the molecule is C=Cc1nccn1CC(C)(C)CC. The lowest BCUT2D eigenvalue weighted by Crippen LogP contribution is -2.18. The highest BCUT2D eigenvalue weighted by Crippen LogP contribution is 2.22. The summed E-state index contributed by atoms with van der Waals surface area (Å²) in [7, 11) is 0. The van der Waals surface area contributed by atoms with E-state index in [2.05, 4.69) is 36.9 Å². The molecule has 1 aromatic heterocycles. The fourth-order valence-electron chi connectivity index (χ4n) is 1.22. The summed E-state index contributed by atoms with van der Waals surface area (Å²) in [4.78, 5) is 4.20. The van der Waals surface area contributed by atoms with E-state index < -0.39 is 0 Å². The van der Waals surface area contributed by atoms with Crippen molar-refractivity contribution in [3.05, 3.63) is 24.8 Å². The molecule has 2 nitrogen and oxygen atoms in total. The Morgan fingerprint density at radius 3 is 2.85 bits per heavy atom. The summed E-state index contributed by atoms with van der Waals surface area (Å²) in [6.45, 7) is 11.5. The minimum atomic E-state index is 0.332. The van der Waals surface area contributed by atoms with Crippen LogP contribution in [-0.4, -0.2) is 9.55 Å². The summed E-state index contributed by atoms with van der Waals surface area (Å²) >= 11 is 0. The number of rotatable bonds is 4. The smallest absolute Gasteiger partial charge is 0.131 e. The lowest BCUT2D eigenvalue weighted by atomic mass is 9.90. The van der Waals surface area contributed by atoms with Gasteiger partial charge in [-0.05, 0) is 17.9 Å². The Morgan fingerprint density at radius 1 is 1.62 bits per heavy atom. The molecule has 72 valence electrons. The van der Waals surface area contributed by atoms with Crippen LogP contribution < -0.4 is 0 Å². The largest absolute Gasteiger partial charge is 0.331 e. The summed E-state index contributed by atoms with van der Waals surface area (Å²) in [5.74, 6) is 0.960.